The summed E-state index contributed by atoms with van der Waals surface area (Å²) in [5, 5.41) is 12.7. The lowest BCUT2D eigenvalue weighted by molar-refractivity contribution is -0.000831. The van der Waals surface area contributed by atoms with Crippen molar-refractivity contribution in [3.8, 4) is 0 Å². The quantitative estimate of drug-likeness (QED) is 0.442. The molecule has 2 N–H and O–H groups in total. The molecule has 38 heavy (non-hydrogen) atoms. The number of aliphatic hydroxyl groups is 1. The van der Waals surface area contributed by atoms with Crippen molar-refractivity contribution in [3.63, 3.8) is 0 Å². The van der Waals surface area contributed by atoms with Crippen molar-refractivity contribution in [3.05, 3.63) is 100 Å². The minimum atomic E-state index is -3.86. The Morgan fingerprint density at radius 2 is 2.00 bits per heavy atom. The fraction of sp³-hybridized carbons (Fsp3) is 0.321. The molecule has 1 atom stereocenters. The van der Waals surface area contributed by atoms with Gasteiger partial charge in [-0.1, -0.05) is 35.9 Å². The normalized spacial score (nSPS) is 21.9. The van der Waals surface area contributed by atoms with Gasteiger partial charge in [0.25, 0.3) is 15.9 Å². The highest BCUT2D eigenvalue weighted by Gasteiger charge is 2.48. The second-order valence-electron chi connectivity index (χ2n) is 9.97. The molecular formula is C28H30F2N4O3S. The molecule has 7 nitrogen and oxygen atoms in total. The third kappa shape index (κ3) is 4.21. The molecule has 2 aliphatic heterocycles. The Bertz CT molecular complexity index is 1500. The standard InChI is InChI=1S/C28H30F2N4O3S/c1-4-15-28(29,30)20-7-5-8-21(18-20)34-26(35)24-14-17-33(38(36,37)22-12-10-19(2)11-13-22)25-23(9-6-16-31-25)27(24,3)32-34/h4-10,12,16,18,32,35H,1,11,13-15,17H2,2-3H3. The van der Waals surface area contributed by atoms with E-state index in [0.29, 0.717) is 34.6 Å². The van der Waals surface area contributed by atoms with Crippen LogP contribution in [-0.2, 0) is 21.5 Å². The molecule has 0 spiro atoms. The van der Waals surface area contributed by atoms with Crippen LogP contribution < -0.4 is 14.7 Å². The third-order valence-electron chi connectivity index (χ3n) is 7.42. The maximum Gasteiger partial charge on any atom is 0.276 e. The minimum Gasteiger partial charge on any atom is -0.493 e. The number of sulfonamides is 1. The van der Waals surface area contributed by atoms with Crippen LogP contribution >= 0.6 is 0 Å². The average Bonchev–Trinajstić information content (AvgIpc) is 3.07. The zero-order chi connectivity index (χ0) is 27.3. The van der Waals surface area contributed by atoms with Gasteiger partial charge in [-0.2, -0.15) is 0 Å². The van der Waals surface area contributed by atoms with Crippen LogP contribution in [0.3, 0.4) is 0 Å². The molecule has 2 aromatic rings. The highest BCUT2D eigenvalue weighted by molar-refractivity contribution is 7.96. The molecule has 10 heteroatoms. The van der Waals surface area contributed by atoms with Crippen molar-refractivity contribution in [2.75, 3.05) is 15.9 Å². The van der Waals surface area contributed by atoms with Crippen LogP contribution in [0.15, 0.2) is 89.3 Å². The van der Waals surface area contributed by atoms with E-state index in [1.54, 1.807) is 24.3 Å². The zero-order valence-electron chi connectivity index (χ0n) is 21.3. The van der Waals surface area contributed by atoms with E-state index >= 15 is 0 Å². The van der Waals surface area contributed by atoms with Gasteiger partial charge in [-0.3, -0.25) is 0 Å². The van der Waals surface area contributed by atoms with Crippen molar-refractivity contribution < 1.29 is 22.3 Å². The first-order valence-corrected chi connectivity index (χ1v) is 13.9. The maximum atomic E-state index is 14.6. The van der Waals surface area contributed by atoms with Crippen LogP contribution in [0.5, 0.6) is 0 Å². The Morgan fingerprint density at radius 3 is 2.71 bits per heavy atom. The van der Waals surface area contributed by atoms with Gasteiger partial charge in [0.15, 0.2) is 0 Å². The number of hydrogen-bond acceptors (Lipinski definition) is 6. The third-order valence-corrected chi connectivity index (χ3v) is 9.35. The highest BCUT2D eigenvalue weighted by atomic mass is 32.2. The lowest BCUT2D eigenvalue weighted by Crippen LogP contribution is -2.45. The largest absolute Gasteiger partial charge is 0.493 e. The molecule has 0 fully saturated rings. The van der Waals surface area contributed by atoms with Crippen molar-refractivity contribution in [1.82, 2.24) is 10.4 Å². The summed E-state index contributed by atoms with van der Waals surface area (Å²) in [5.41, 5.74) is 4.57. The number of allylic oxidation sites excluding steroid dienone is 5. The van der Waals surface area contributed by atoms with Crippen LogP contribution in [0.2, 0.25) is 0 Å². The van der Waals surface area contributed by atoms with Crippen molar-refractivity contribution >= 4 is 21.5 Å². The first-order chi connectivity index (χ1) is 18.0. The molecule has 0 bridgehead atoms. The van der Waals surface area contributed by atoms with Crippen molar-refractivity contribution in [1.29, 1.82) is 0 Å². The molecule has 0 saturated carbocycles. The van der Waals surface area contributed by atoms with Crippen LogP contribution in [-0.4, -0.2) is 25.1 Å². The molecule has 0 amide bonds. The molecule has 0 saturated heterocycles. The number of benzene rings is 1. The molecule has 1 aromatic carbocycles. The van der Waals surface area contributed by atoms with Gasteiger partial charge in [0, 0.05) is 35.9 Å². The van der Waals surface area contributed by atoms with Crippen LogP contribution in [0.1, 0.15) is 50.7 Å². The lowest BCUT2D eigenvalue weighted by Gasteiger charge is -2.31. The van der Waals surface area contributed by atoms with Gasteiger partial charge in [-0.05, 0) is 57.4 Å². The molecule has 1 aromatic heterocycles. The molecule has 1 aliphatic carbocycles. The first kappa shape index (κ1) is 26.1. The number of fused-ring (bicyclic) bond motifs is 3. The molecule has 3 heterocycles. The molecule has 0 radical (unpaired) electrons. The predicted octanol–water partition coefficient (Wildman–Crippen LogP) is 5.92. The molecule has 200 valence electrons. The van der Waals surface area contributed by atoms with E-state index in [9.17, 15) is 22.3 Å². The number of hydrazine groups is 1. The second-order valence-corrected chi connectivity index (χ2v) is 11.9. The van der Waals surface area contributed by atoms with Gasteiger partial charge in [0.2, 0.25) is 5.88 Å². The summed E-state index contributed by atoms with van der Waals surface area (Å²) in [7, 11) is -3.86. The van der Waals surface area contributed by atoms with Crippen molar-refractivity contribution in [2.45, 2.75) is 51.0 Å². The number of hydrogen-bond donors (Lipinski definition) is 2. The SMILES string of the molecule is C=CCC(F)(F)c1cccc(N2NC3(C)C(=C2O)CCN(S(=O)(=O)C2=CC=C(C)CC2)c2ncccc23)c1. The lowest BCUT2D eigenvalue weighted by atomic mass is 9.85. The molecule has 5 rings (SSSR count). The van der Waals surface area contributed by atoms with Gasteiger partial charge >= 0.3 is 0 Å². The van der Waals surface area contributed by atoms with Crippen molar-refractivity contribution in [2.24, 2.45) is 0 Å². The fourth-order valence-electron chi connectivity index (χ4n) is 5.26. The summed E-state index contributed by atoms with van der Waals surface area (Å²) in [4.78, 5) is 4.79. The maximum absolute atomic E-state index is 14.6. The van der Waals surface area contributed by atoms with E-state index in [0.717, 1.165) is 5.57 Å². The fourth-order valence-corrected chi connectivity index (χ4v) is 6.85. The topological polar surface area (TPSA) is 85.8 Å². The van der Waals surface area contributed by atoms with Gasteiger partial charge in [0.05, 0.1) is 16.1 Å². The first-order valence-electron chi connectivity index (χ1n) is 12.4. The smallest absolute Gasteiger partial charge is 0.276 e. The Hall–Kier alpha value is -3.50. The average molecular weight is 541 g/mol. The second kappa shape index (κ2) is 9.36. The van der Waals surface area contributed by atoms with E-state index in [1.807, 2.05) is 19.9 Å². The van der Waals surface area contributed by atoms with Gasteiger partial charge in [-0.25, -0.2) is 36.9 Å². The Morgan fingerprint density at radius 1 is 1.21 bits per heavy atom. The van der Waals surface area contributed by atoms with Gasteiger partial charge < -0.3 is 5.11 Å². The van der Waals surface area contributed by atoms with Crippen LogP contribution in [0.25, 0.3) is 0 Å². The Kier molecular flexibility index (Phi) is 6.43. The number of halogens is 2. The summed E-state index contributed by atoms with van der Waals surface area (Å²) in [6, 6.07) is 9.28. The number of rotatable bonds is 6. The number of anilines is 2. The minimum absolute atomic E-state index is 0.0638. The molecule has 3 aliphatic rings. The van der Waals surface area contributed by atoms with Gasteiger partial charge in [-0.15, -0.1) is 6.58 Å². The van der Waals surface area contributed by atoms with Crippen LogP contribution in [0, 0.1) is 0 Å². The number of pyridine rings is 1. The van der Waals surface area contributed by atoms with E-state index in [1.165, 1.54) is 39.8 Å². The Balaban J connectivity index is 1.57. The summed E-state index contributed by atoms with van der Waals surface area (Å²) >= 11 is 0. The summed E-state index contributed by atoms with van der Waals surface area (Å²) in [6.45, 7) is 7.28. The van der Waals surface area contributed by atoms with Gasteiger partial charge in [0.1, 0.15) is 5.82 Å². The molecular weight excluding hydrogens is 510 g/mol. The summed E-state index contributed by atoms with van der Waals surface area (Å²) in [5.74, 6) is -2.99. The number of nitrogens with zero attached hydrogens (tertiary/aromatic N) is 3. The number of aliphatic hydroxyl groups excluding tert-OH is 1. The predicted molar refractivity (Wildman–Crippen MR) is 144 cm³/mol. The van der Waals surface area contributed by atoms with E-state index in [2.05, 4.69) is 17.0 Å². The Labute approximate surface area is 221 Å². The van der Waals surface area contributed by atoms with E-state index in [-0.39, 0.29) is 30.2 Å². The summed E-state index contributed by atoms with van der Waals surface area (Å²) < 4.78 is 58.0. The molecule has 1 unspecified atom stereocenters. The number of alkyl halides is 2. The monoisotopic (exact) mass is 540 g/mol. The highest BCUT2D eigenvalue weighted by Crippen LogP contribution is 2.47. The number of aromatic nitrogens is 1. The summed E-state index contributed by atoms with van der Waals surface area (Å²) in [6.07, 6.45) is 6.95. The van der Waals surface area contributed by atoms with E-state index < -0.39 is 27.9 Å². The number of nitrogens with one attached hydrogen (secondary N) is 1. The zero-order valence-corrected chi connectivity index (χ0v) is 22.1. The van der Waals surface area contributed by atoms with Crippen LogP contribution in [0.4, 0.5) is 20.3 Å². The van der Waals surface area contributed by atoms with E-state index in [4.69, 9.17) is 0 Å².